The average molecular weight is 452 g/mol. The number of aliphatic hydroxyl groups is 2. The number of carbonyl (C=O) groups is 6. The van der Waals surface area contributed by atoms with Crippen molar-refractivity contribution in [3.05, 3.63) is 0 Å². The summed E-state index contributed by atoms with van der Waals surface area (Å²) in [6.45, 7) is 0. The molecular formula is C12H10AlMgNaO14. The maximum Gasteiger partial charge on any atom is 3.00 e. The molecule has 17 heteroatoms. The molecule has 0 fully saturated rings. The molecule has 0 atom stereocenters. The van der Waals surface area contributed by atoms with Gasteiger partial charge in [0.15, 0.2) is 0 Å². The molecule has 0 radical (unpaired) electrons. The molecule has 29 heavy (non-hydrogen) atoms. The zero-order valence-corrected chi connectivity index (χ0v) is 19.5. The van der Waals surface area contributed by atoms with Gasteiger partial charge in [-0.2, -0.15) is 0 Å². The Bertz CT molecular complexity index is 525. The second-order valence-electron chi connectivity index (χ2n) is 4.83. The van der Waals surface area contributed by atoms with Gasteiger partial charge in [0.05, 0.1) is 11.9 Å². The van der Waals surface area contributed by atoms with Gasteiger partial charge >= 0.3 is 70.0 Å². The summed E-state index contributed by atoms with van der Waals surface area (Å²) in [5.74, 6) is -12.0. The van der Waals surface area contributed by atoms with Gasteiger partial charge in [0.2, 0.25) is 0 Å². The van der Waals surface area contributed by atoms with E-state index < -0.39 is 72.7 Å². The van der Waals surface area contributed by atoms with Crippen LogP contribution in [0.2, 0.25) is 0 Å². The predicted molar refractivity (Wildman–Crippen MR) is 69.9 cm³/mol. The molecule has 0 aliphatic rings. The Morgan fingerprint density at radius 1 is 0.552 bits per heavy atom. The fraction of sp³-hybridized carbons (Fsp3) is 0.500. The minimum atomic E-state index is -2.97. The average Bonchev–Trinajstić information content (AvgIpc) is 2.34. The molecule has 0 amide bonds. The summed E-state index contributed by atoms with van der Waals surface area (Å²) in [4.78, 5) is 60.0. The Hall–Kier alpha value is -0.961. The van der Waals surface area contributed by atoms with Gasteiger partial charge in [-0.15, -0.1) is 0 Å². The maximum absolute atomic E-state index is 10.1. The smallest absolute Gasteiger partial charge is 0.550 e. The Balaban J connectivity index is -0.000000120. The van der Waals surface area contributed by atoms with Crippen molar-refractivity contribution >= 4 is 76.2 Å². The molecule has 0 aliphatic carbocycles. The van der Waals surface area contributed by atoms with Crippen LogP contribution in [0.25, 0.3) is 0 Å². The van der Waals surface area contributed by atoms with Crippen molar-refractivity contribution in [3.63, 3.8) is 0 Å². The summed E-state index contributed by atoms with van der Waals surface area (Å²) in [7, 11) is 0. The number of hydrogen-bond acceptors (Lipinski definition) is 14. The van der Waals surface area contributed by atoms with Crippen LogP contribution in [0.4, 0.5) is 0 Å². The van der Waals surface area contributed by atoms with E-state index in [4.69, 9.17) is 10.2 Å². The molecule has 0 bridgehead atoms. The molecule has 0 rings (SSSR count). The Morgan fingerprint density at radius 2 is 0.690 bits per heavy atom. The first-order valence-electron chi connectivity index (χ1n) is 6.23. The Morgan fingerprint density at radius 3 is 0.759 bits per heavy atom. The topological polar surface area (TPSA) is 281 Å². The summed E-state index contributed by atoms with van der Waals surface area (Å²) >= 11 is 0. The molecule has 2 N–H and O–H groups in total. The Labute approximate surface area is 211 Å². The van der Waals surface area contributed by atoms with Crippen LogP contribution in [-0.4, -0.2) is 97.6 Å². The molecular weight excluding hydrogens is 442 g/mol. The van der Waals surface area contributed by atoms with Crippen molar-refractivity contribution in [3.8, 4) is 0 Å². The second kappa shape index (κ2) is 16.8. The first-order chi connectivity index (χ1) is 11.6. The van der Waals surface area contributed by atoms with Crippen molar-refractivity contribution in [1.29, 1.82) is 0 Å². The number of carbonyl (C=O) groups excluding carboxylic acids is 6. The number of hydrogen-bond donors (Lipinski definition) is 2. The van der Waals surface area contributed by atoms with E-state index in [0.717, 1.165) is 0 Å². The molecule has 0 saturated carbocycles. The molecule has 14 nitrogen and oxygen atoms in total. The van der Waals surface area contributed by atoms with Crippen molar-refractivity contribution in [2.75, 3.05) is 0 Å². The molecule has 0 unspecified atom stereocenters. The summed E-state index contributed by atoms with van der Waals surface area (Å²) in [5, 5.41) is 77.9. The molecule has 0 aliphatic heterocycles. The van der Waals surface area contributed by atoms with E-state index in [9.17, 15) is 59.4 Å². The number of carboxylic acids is 6. The molecule has 0 aromatic carbocycles. The first-order valence-corrected chi connectivity index (χ1v) is 6.23. The van der Waals surface area contributed by atoms with Gasteiger partial charge in [-0.3, -0.25) is 0 Å². The largest absolute Gasteiger partial charge is 3.00 e. The quantitative estimate of drug-likeness (QED) is 0.291. The molecule has 0 aromatic rings. The molecule has 148 valence electrons. The third kappa shape index (κ3) is 17.6. The van der Waals surface area contributed by atoms with E-state index in [0.29, 0.717) is 0 Å². The molecule has 0 heterocycles. The number of rotatable bonds is 10. The fourth-order valence-electron chi connectivity index (χ4n) is 1.37. The molecule has 0 aromatic heterocycles. The van der Waals surface area contributed by atoms with E-state index in [1.165, 1.54) is 0 Å². The van der Waals surface area contributed by atoms with Gasteiger partial charge in [-0.1, -0.05) is 0 Å². The normalized spacial score (nSPS) is 9.72. The van der Waals surface area contributed by atoms with E-state index in [1.807, 2.05) is 0 Å². The first kappa shape index (κ1) is 38.6. The fourth-order valence-corrected chi connectivity index (χ4v) is 1.37. The van der Waals surface area contributed by atoms with E-state index >= 15 is 0 Å². The monoisotopic (exact) mass is 452 g/mol. The minimum Gasteiger partial charge on any atom is -0.550 e. The summed E-state index contributed by atoms with van der Waals surface area (Å²) in [5.41, 5.74) is -5.95. The van der Waals surface area contributed by atoms with Crippen molar-refractivity contribution in [2.45, 2.75) is 36.9 Å². The van der Waals surface area contributed by atoms with Gasteiger partial charge in [0, 0.05) is 49.6 Å². The SMILES string of the molecule is O=C([O-])CC(O)(CC(=O)[O-])C(=O)[O-].O=C([O-])CC(O)(CC(=O)[O-])C(=O)[O-].[Al+3].[Mg+2].[Na+]. The van der Waals surface area contributed by atoms with Crippen LogP contribution in [0.1, 0.15) is 25.7 Å². The number of aliphatic carboxylic acids is 6. The number of carboxylic acid groups (broad SMARTS) is 6. The zero-order chi connectivity index (χ0) is 21.3. The van der Waals surface area contributed by atoms with Crippen molar-refractivity contribution in [2.24, 2.45) is 0 Å². The zero-order valence-electron chi connectivity index (χ0n) is 14.9. The maximum atomic E-state index is 10.1. The van der Waals surface area contributed by atoms with Crippen LogP contribution in [0, 0.1) is 0 Å². The molecule has 0 spiro atoms. The van der Waals surface area contributed by atoms with Gasteiger partial charge in [0.25, 0.3) is 0 Å². The van der Waals surface area contributed by atoms with E-state index in [-0.39, 0.29) is 70.0 Å². The van der Waals surface area contributed by atoms with Crippen LogP contribution in [0.5, 0.6) is 0 Å². The predicted octanol–water partition coefficient (Wildman–Crippen LogP) is -14.3. The van der Waals surface area contributed by atoms with Crippen molar-refractivity contribution < 1.29 is 99.2 Å². The van der Waals surface area contributed by atoms with Gasteiger partial charge < -0.3 is 69.6 Å². The van der Waals surface area contributed by atoms with Crippen LogP contribution in [-0.2, 0) is 28.8 Å². The second-order valence-corrected chi connectivity index (χ2v) is 4.83. The van der Waals surface area contributed by atoms with E-state index in [2.05, 4.69) is 0 Å². The minimum absolute atomic E-state index is 0. The van der Waals surface area contributed by atoms with Crippen LogP contribution >= 0.6 is 0 Å². The van der Waals surface area contributed by atoms with Gasteiger partial charge in [-0.25, -0.2) is 0 Å². The van der Waals surface area contributed by atoms with Crippen LogP contribution < -0.4 is 60.2 Å². The third-order valence-electron chi connectivity index (χ3n) is 2.51. The van der Waals surface area contributed by atoms with Gasteiger partial charge in [-0.05, 0) is 0 Å². The standard InChI is InChI=1S/2C6H8O7.Al.Mg.Na/c2*7-3(8)1-6(13,5(11)12)2-4(9)10;;;/h2*13H,1-2H2,(H,7,8)(H,9,10)(H,11,12);;;/q;;+3;+2;+1/p-6. The summed E-state index contributed by atoms with van der Waals surface area (Å²) < 4.78 is 0. The molecule has 0 saturated heterocycles. The van der Waals surface area contributed by atoms with Crippen LogP contribution in [0.15, 0.2) is 0 Å². The van der Waals surface area contributed by atoms with Crippen molar-refractivity contribution in [1.82, 2.24) is 0 Å². The third-order valence-corrected chi connectivity index (χ3v) is 2.51. The van der Waals surface area contributed by atoms with Crippen LogP contribution in [0.3, 0.4) is 0 Å². The van der Waals surface area contributed by atoms with E-state index in [1.54, 1.807) is 0 Å². The van der Waals surface area contributed by atoms with Gasteiger partial charge in [0.1, 0.15) is 11.2 Å². The summed E-state index contributed by atoms with van der Waals surface area (Å²) in [6.07, 6.45) is -5.43. The summed E-state index contributed by atoms with van der Waals surface area (Å²) in [6, 6.07) is 0. The Kier molecular flexibility index (Phi) is 22.4.